The van der Waals surface area contributed by atoms with Gasteiger partial charge in [0.15, 0.2) is 0 Å². The van der Waals surface area contributed by atoms with Gasteiger partial charge in [0.05, 0.1) is 6.04 Å². The molecule has 0 amide bonds. The van der Waals surface area contributed by atoms with E-state index in [4.69, 9.17) is 0 Å². The topological polar surface area (TPSA) is 12.0 Å². The normalized spacial score (nSPS) is 17.6. The van der Waals surface area contributed by atoms with Gasteiger partial charge in [-0.1, -0.05) is 34.1 Å². The second kappa shape index (κ2) is 5.06. The fourth-order valence-electron chi connectivity index (χ4n) is 2.50. The molecular weight excluding hydrogens is 354 g/mol. The van der Waals surface area contributed by atoms with Crippen LogP contribution in [-0.2, 0) is 6.42 Å². The van der Waals surface area contributed by atoms with Crippen molar-refractivity contribution in [3.63, 3.8) is 0 Å². The third-order valence-electron chi connectivity index (χ3n) is 3.39. The predicted molar refractivity (Wildman–Crippen MR) is 83.0 cm³/mol. The molecule has 3 heteroatoms. The molecule has 1 N–H and O–H groups in total. The smallest absolute Gasteiger partial charge is 0.0520 e. The lowest BCUT2D eigenvalue weighted by Crippen LogP contribution is -2.07. The van der Waals surface area contributed by atoms with Crippen molar-refractivity contribution < 1.29 is 0 Å². The van der Waals surface area contributed by atoms with Gasteiger partial charge in [0, 0.05) is 14.6 Å². The van der Waals surface area contributed by atoms with Crippen molar-refractivity contribution in [3.05, 3.63) is 62.5 Å². The van der Waals surface area contributed by atoms with Crippen LogP contribution in [0.5, 0.6) is 0 Å². The first-order chi connectivity index (χ1) is 8.74. The molecule has 1 aliphatic carbocycles. The fourth-order valence-corrected chi connectivity index (χ4v) is 3.31. The Labute approximate surface area is 124 Å². The summed E-state index contributed by atoms with van der Waals surface area (Å²) in [5, 5.41) is 3.62. The average molecular weight is 367 g/mol. The number of rotatable bonds is 2. The Morgan fingerprint density at radius 3 is 2.72 bits per heavy atom. The minimum absolute atomic E-state index is 0.423. The maximum absolute atomic E-state index is 3.62. The monoisotopic (exact) mass is 365 g/mol. The molecule has 2 aromatic carbocycles. The van der Waals surface area contributed by atoms with E-state index in [0.717, 1.165) is 17.3 Å². The third kappa shape index (κ3) is 2.34. The number of halogens is 2. The van der Waals surface area contributed by atoms with E-state index < -0.39 is 0 Å². The molecule has 0 saturated heterocycles. The van der Waals surface area contributed by atoms with E-state index in [-0.39, 0.29) is 0 Å². The molecule has 0 aromatic heterocycles. The van der Waals surface area contributed by atoms with Gasteiger partial charge in [-0.05, 0) is 64.2 Å². The summed E-state index contributed by atoms with van der Waals surface area (Å²) in [6.45, 7) is 0. The summed E-state index contributed by atoms with van der Waals surface area (Å²) in [5.74, 6) is 0. The highest BCUT2D eigenvalue weighted by Crippen LogP contribution is 2.36. The molecule has 0 fully saturated rings. The minimum Gasteiger partial charge on any atom is -0.377 e. The van der Waals surface area contributed by atoms with Crippen LogP contribution >= 0.6 is 31.9 Å². The van der Waals surface area contributed by atoms with Crippen LogP contribution in [0.3, 0.4) is 0 Å². The van der Waals surface area contributed by atoms with Crippen LogP contribution in [0.1, 0.15) is 23.6 Å². The molecule has 0 bridgehead atoms. The summed E-state index contributed by atoms with van der Waals surface area (Å²) in [4.78, 5) is 0. The van der Waals surface area contributed by atoms with Crippen LogP contribution in [0.25, 0.3) is 0 Å². The summed E-state index contributed by atoms with van der Waals surface area (Å²) in [5.41, 5.74) is 4.04. The van der Waals surface area contributed by atoms with Gasteiger partial charge in [-0.15, -0.1) is 0 Å². The molecule has 2 aromatic rings. The van der Waals surface area contributed by atoms with Crippen molar-refractivity contribution in [2.24, 2.45) is 0 Å². The first-order valence-electron chi connectivity index (χ1n) is 6.03. The summed E-state index contributed by atoms with van der Waals surface area (Å²) in [6.07, 6.45) is 2.31. The summed E-state index contributed by atoms with van der Waals surface area (Å²) < 4.78 is 2.29. The molecule has 1 atom stereocenters. The van der Waals surface area contributed by atoms with Crippen molar-refractivity contribution >= 4 is 37.5 Å². The maximum atomic E-state index is 3.62. The Morgan fingerprint density at radius 2 is 1.89 bits per heavy atom. The first kappa shape index (κ1) is 12.2. The lowest BCUT2D eigenvalue weighted by atomic mass is 10.1. The number of hydrogen-bond acceptors (Lipinski definition) is 1. The number of fused-ring (bicyclic) bond motifs is 1. The van der Waals surface area contributed by atoms with Gasteiger partial charge in [-0.2, -0.15) is 0 Å². The number of aryl methyl sites for hydroxylation is 1. The zero-order chi connectivity index (χ0) is 12.5. The SMILES string of the molecule is Brc1ccc2c(c1)CCC2Nc1ccccc1Br. The van der Waals surface area contributed by atoms with E-state index in [1.165, 1.54) is 21.3 Å². The van der Waals surface area contributed by atoms with Gasteiger partial charge in [0.25, 0.3) is 0 Å². The maximum Gasteiger partial charge on any atom is 0.0520 e. The lowest BCUT2D eigenvalue weighted by Gasteiger charge is -2.16. The minimum atomic E-state index is 0.423. The van der Waals surface area contributed by atoms with Gasteiger partial charge < -0.3 is 5.32 Å². The molecule has 0 radical (unpaired) electrons. The Balaban J connectivity index is 1.87. The van der Waals surface area contributed by atoms with Gasteiger partial charge >= 0.3 is 0 Å². The molecule has 18 heavy (non-hydrogen) atoms. The number of anilines is 1. The van der Waals surface area contributed by atoms with Crippen LogP contribution in [0.2, 0.25) is 0 Å². The number of benzene rings is 2. The van der Waals surface area contributed by atoms with Gasteiger partial charge in [0.2, 0.25) is 0 Å². The Hall–Kier alpha value is -0.800. The van der Waals surface area contributed by atoms with Crippen molar-refractivity contribution in [2.75, 3.05) is 5.32 Å². The Bertz CT molecular complexity index is 580. The highest BCUT2D eigenvalue weighted by molar-refractivity contribution is 9.10. The van der Waals surface area contributed by atoms with Gasteiger partial charge in [0.1, 0.15) is 0 Å². The van der Waals surface area contributed by atoms with Gasteiger partial charge in [-0.3, -0.25) is 0 Å². The van der Waals surface area contributed by atoms with E-state index in [1.54, 1.807) is 0 Å². The number of hydrogen-bond donors (Lipinski definition) is 1. The zero-order valence-corrected chi connectivity index (χ0v) is 13.0. The molecule has 0 heterocycles. The second-order valence-electron chi connectivity index (χ2n) is 4.56. The Kier molecular flexibility index (Phi) is 3.44. The molecule has 0 saturated carbocycles. The number of para-hydroxylation sites is 1. The molecule has 92 valence electrons. The molecule has 0 aliphatic heterocycles. The summed E-state index contributed by atoms with van der Waals surface area (Å²) in [6, 6.07) is 15.3. The second-order valence-corrected chi connectivity index (χ2v) is 6.33. The summed E-state index contributed by atoms with van der Waals surface area (Å²) >= 11 is 7.12. The zero-order valence-electron chi connectivity index (χ0n) is 9.79. The highest BCUT2D eigenvalue weighted by atomic mass is 79.9. The van der Waals surface area contributed by atoms with Crippen molar-refractivity contribution in [1.82, 2.24) is 0 Å². The van der Waals surface area contributed by atoms with Crippen LogP contribution < -0.4 is 5.32 Å². The van der Waals surface area contributed by atoms with Crippen LogP contribution in [0.4, 0.5) is 5.69 Å². The summed E-state index contributed by atoms with van der Waals surface area (Å²) in [7, 11) is 0. The van der Waals surface area contributed by atoms with Crippen LogP contribution in [0, 0.1) is 0 Å². The van der Waals surface area contributed by atoms with Crippen molar-refractivity contribution in [3.8, 4) is 0 Å². The quantitative estimate of drug-likeness (QED) is 0.759. The van der Waals surface area contributed by atoms with E-state index in [0.29, 0.717) is 6.04 Å². The predicted octanol–water partition coefficient (Wildman–Crippen LogP) is 5.31. The molecule has 1 aliphatic rings. The van der Waals surface area contributed by atoms with E-state index in [9.17, 15) is 0 Å². The molecule has 1 unspecified atom stereocenters. The highest BCUT2D eigenvalue weighted by Gasteiger charge is 2.22. The van der Waals surface area contributed by atoms with Crippen LogP contribution in [-0.4, -0.2) is 0 Å². The first-order valence-corrected chi connectivity index (χ1v) is 7.62. The van der Waals surface area contributed by atoms with E-state index in [2.05, 4.69) is 73.6 Å². The number of nitrogens with one attached hydrogen (secondary N) is 1. The molecular formula is C15H13Br2N. The van der Waals surface area contributed by atoms with Crippen molar-refractivity contribution in [1.29, 1.82) is 0 Å². The Morgan fingerprint density at radius 1 is 1.06 bits per heavy atom. The lowest BCUT2D eigenvalue weighted by molar-refractivity contribution is 0.761. The largest absolute Gasteiger partial charge is 0.377 e. The van der Waals surface area contributed by atoms with Gasteiger partial charge in [-0.25, -0.2) is 0 Å². The standard InChI is InChI=1S/C15H13Br2N/c16-11-6-7-12-10(9-11)5-8-14(12)18-15-4-2-1-3-13(15)17/h1-4,6-7,9,14,18H,5,8H2. The average Bonchev–Trinajstić information content (AvgIpc) is 2.74. The fraction of sp³-hybridized carbons (Fsp3) is 0.200. The molecule has 3 rings (SSSR count). The molecule has 0 spiro atoms. The van der Waals surface area contributed by atoms with E-state index >= 15 is 0 Å². The molecule has 1 nitrogen and oxygen atoms in total. The van der Waals surface area contributed by atoms with E-state index in [1.807, 2.05) is 6.07 Å². The van der Waals surface area contributed by atoms with Crippen molar-refractivity contribution in [2.45, 2.75) is 18.9 Å². The van der Waals surface area contributed by atoms with Crippen LogP contribution in [0.15, 0.2) is 51.4 Å². The third-order valence-corrected chi connectivity index (χ3v) is 4.57.